The minimum Gasteiger partial charge on any atom is -1.00 e. The molecule has 179 valence electrons. The van der Waals surface area contributed by atoms with Crippen molar-refractivity contribution in [3.8, 4) is 22.3 Å². The van der Waals surface area contributed by atoms with Gasteiger partial charge in [0.05, 0.1) is 0 Å². The molecule has 0 aromatic heterocycles. The van der Waals surface area contributed by atoms with E-state index in [9.17, 15) is 0 Å². The van der Waals surface area contributed by atoms with Crippen molar-refractivity contribution < 1.29 is 35.6 Å². The number of fused-ring (bicyclic) bond motifs is 2. The van der Waals surface area contributed by atoms with Gasteiger partial charge in [-0.15, -0.1) is 69.1 Å². The molecule has 0 N–H and O–H groups in total. The second-order valence-electron chi connectivity index (χ2n) is 8.06. The first-order valence-electron chi connectivity index (χ1n) is 11.4. The molecule has 6 aromatic carbocycles. The summed E-state index contributed by atoms with van der Waals surface area (Å²) in [7, 11) is 0.750. The monoisotopic (exact) mass is 569 g/mol. The summed E-state index contributed by atoms with van der Waals surface area (Å²) >= 11 is 0. The maximum atomic E-state index is 2.24. The second kappa shape index (κ2) is 15.9. The van der Waals surface area contributed by atoms with Gasteiger partial charge < -0.3 is 9.41 Å². The molecule has 36 heavy (non-hydrogen) atoms. The molecule has 0 amide bonds. The van der Waals surface area contributed by atoms with E-state index in [1.54, 1.807) is 0 Å². The molecule has 0 bridgehead atoms. The van der Waals surface area contributed by atoms with Gasteiger partial charge in [-0.1, -0.05) is 121 Å². The summed E-state index contributed by atoms with van der Waals surface area (Å²) in [5.41, 5.74) is 5.18. The largest absolute Gasteiger partial charge is 4.00 e. The van der Waals surface area contributed by atoms with Gasteiger partial charge in [0.15, 0.2) is 0 Å². The van der Waals surface area contributed by atoms with Crippen LogP contribution in [0.1, 0.15) is 0 Å². The van der Waals surface area contributed by atoms with E-state index in [4.69, 9.17) is 0 Å². The van der Waals surface area contributed by atoms with E-state index in [-0.39, 0.29) is 35.6 Å². The van der Waals surface area contributed by atoms with Crippen LogP contribution in [-0.4, -0.2) is 9.52 Å². The molecule has 6 aromatic rings. The van der Waals surface area contributed by atoms with Crippen LogP contribution in [0.5, 0.6) is 0 Å². The Kier molecular flexibility index (Phi) is 13.8. The van der Waals surface area contributed by atoms with E-state index in [2.05, 4.69) is 134 Å². The van der Waals surface area contributed by atoms with Crippen LogP contribution in [0.4, 0.5) is 0 Å². The molecule has 0 unspecified atom stereocenters. The first kappa shape index (κ1) is 31.1. The minimum atomic E-state index is 0. The average molecular weight is 571 g/mol. The fraction of sp³-hybridized carbons (Fsp3) is 0.0625. The standard InChI is InChI=1S/2C15H11.C2H7Si.2FH.Zr/c2*1-2-6-12(7-3-1)15-10-13-8-4-5-9-14(13)11-15;1-3-2;;;/h2*1-11H;3H,1-2H3;2*1H;/q2*-1;;;;+4/p-2. The van der Waals surface area contributed by atoms with Gasteiger partial charge >= 0.3 is 26.2 Å². The summed E-state index contributed by atoms with van der Waals surface area (Å²) in [4.78, 5) is 0. The van der Waals surface area contributed by atoms with Gasteiger partial charge in [0.2, 0.25) is 0 Å². The Bertz CT molecular complexity index is 1230. The van der Waals surface area contributed by atoms with Gasteiger partial charge in [-0.05, 0) is 0 Å². The maximum Gasteiger partial charge on any atom is 4.00 e. The van der Waals surface area contributed by atoms with Crippen molar-refractivity contribution in [3.05, 3.63) is 133 Å². The molecule has 4 heteroatoms. The number of benzene rings is 4. The quantitative estimate of drug-likeness (QED) is 0.222. The first-order chi connectivity index (χ1) is 16.3. The summed E-state index contributed by atoms with van der Waals surface area (Å²) in [6, 6.07) is 46.9. The van der Waals surface area contributed by atoms with Gasteiger partial charge in [-0.25, -0.2) is 0 Å². The summed E-state index contributed by atoms with van der Waals surface area (Å²) in [5.74, 6) is 0. The van der Waals surface area contributed by atoms with Gasteiger partial charge in [-0.2, -0.15) is 0 Å². The third kappa shape index (κ3) is 8.05. The van der Waals surface area contributed by atoms with Crippen LogP contribution < -0.4 is 9.41 Å². The molecule has 0 saturated heterocycles. The van der Waals surface area contributed by atoms with Gasteiger partial charge in [0.25, 0.3) is 0 Å². The van der Waals surface area contributed by atoms with Gasteiger partial charge in [0, 0.05) is 9.52 Å². The van der Waals surface area contributed by atoms with Crippen molar-refractivity contribution >= 4 is 31.1 Å². The first-order valence-corrected chi connectivity index (χ1v) is 13.7. The Morgan fingerprint density at radius 1 is 0.472 bits per heavy atom. The molecule has 0 heterocycles. The molecule has 0 aliphatic heterocycles. The van der Waals surface area contributed by atoms with E-state index in [1.165, 1.54) is 43.8 Å². The number of hydrogen-bond donors (Lipinski definition) is 0. The van der Waals surface area contributed by atoms with E-state index >= 15 is 0 Å². The third-order valence-electron chi connectivity index (χ3n) is 5.45. The summed E-state index contributed by atoms with van der Waals surface area (Å²) < 4.78 is 0. The molecular weight excluding hydrogens is 542 g/mol. The summed E-state index contributed by atoms with van der Waals surface area (Å²) in [6.07, 6.45) is 0. The Hall–Kier alpha value is -2.94. The smallest absolute Gasteiger partial charge is 1.00 e. The van der Waals surface area contributed by atoms with Crippen molar-refractivity contribution in [2.75, 3.05) is 0 Å². The van der Waals surface area contributed by atoms with Crippen molar-refractivity contribution in [2.45, 2.75) is 13.1 Å². The minimum absolute atomic E-state index is 0. The molecule has 0 nitrogen and oxygen atoms in total. The number of rotatable bonds is 2. The Labute approximate surface area is 234 Å². The predicted molar refractivity (Wildman–Crippen MR) is 149 cm³/mol. The fourth-order valence-corrected chi connectivity index (χ4v) is 3.90. The van der Waals surface area contributed by atoms with Crippen LogP contribution in [0.25, 0.3) is 43.8 Å². The molecule has 0 spiro atoms. The zero-order valence-electron chi connectivity index (χ0n) is 20.5. The predicted octanol–water partition coefficient (Wildman–Crippen LogP) is 2.98. The van der Waals surface area contributed by atoms with Crippen LogP contribution in [-0.2, 0) is 26.2 Å². The third-order valence-corrected chi connectivity index (χ3v) is 5.45. The molecule has 0 saturated carbocycles. The van der Waals surface area contributed by atoms with E-state index in [0.29, 0.717) is 0 Å². The van der Waals surface area contributed by atoms with Gasteiger partial charge in [0.1, 0.15) is 0 Å². The zero-order valence-corrected chi connectivity index (χ0v) is 24.1. The SMILES string of the molecule is C[SiH]C.[F-].[F-].[Zr+4].c1ccc(-c2cc3ccccc3[cH-]2)cc1.c1ccc(-c2cc3ccccc3[cH-]2)cc1. The maximum absolute atomic E-state index is 2.24. The van der Waals surface area contributed by atoms with Crippen molar-refractivity contribution in [1.29, 1.82) is 0 Å². The zero-order chi connectivity index (χ0) is 22.9. The average Bonchev–Trinajstić information content (AvgIpc) is 3.51. The summed E-state index contributed by atoms with van der Waals surface area (Å²) in [6.45, 7) is 4.42. The Morgan fingerprint density at radius 3 is 1.11 bits per heavy atom. The van der Waals surface area contributed by atoms with Crippen LogP contribution in [0.3, 0.4) is 0 Å². The molecule has 0 fully saturated rings. The Balaban J connectivity index is 0.000000302. The van der Waals surface area contributed by atoms with E-state index in [0.717, 1.165) is 9.52 Å². The second-order valence-corrected chi connectivity index (χ2v) is 9.21. The number of halogens is 2. The normalized spacial score (nSPS) is 9.39. The van der Waals surface area contributed by atoms with E-state index < -0.39 is 0 Å². The molecular formula is C32H29F2SiZr. The summed E-state index contributed by atoms with van der Waals surface area (Å²) in [5, 5.41) is 5.26. The van der Waals surface area contributed by atoms with Crippen molar-refractivity contribution in [3.63, 3.8) is 0 Å². The fourth-order valence-electron chi connectivity index (χ4n) is 3.90. The number of hydrogen-bond acceptors (Lipinski definition) is 0. The molecule has 6 rings (SSSR count). The van der Waals surface area contributed by atoms with Crippen LogP contribution in [0.15, 0.2) is 133 Å². The topological polar surface area (TPSA) is 0 Å². The molecule has 1 radical (unpaired) electrons. The van der Waals surface area contributed by atoms with Crippen LogP contribution in [0, 0.1) is 0 Å². The van der Waals surface area contributed by atoms with Gasteiger partial charge in [-0.3, -0.25) is 0 Å². The van der Waals surface area contributed by atoms with Crippen LogP contribution in [0.2, 0.25) is 13.1 Å². The Morgan fingerprint density at radius 2 is 0.778 bits per heavy atom. The van der Waals surface area contributed by atoms with Crippen molar-refractivity contribution in [2.24, 2.45) is 0 Å². The molecule has 0 aliphatic carbocycles. The van der Waals surface area contributed by atoms with Crippen LogP contribution >= 0.6 is 0 Å². The van der Waals surface area contributed by atoms with E-state index in [1.807, 2.05) is 12.1 Å². The molecule has 0 aliphatic rings. The molecule has 0 atom stereocenters. The van der Waals surface area contributed by atoms with Crippen molar-refractivity contribution in [1.82, 2.24) is 0 Å².